The molecule has 3 aliphatic rings. The van der Waals surface area contributed by atoms with Crippen molar-refractivity contribution in [3.05, 3.63) is 0 Å². The van der Waals surface area contributed by atoms with E-state index >= 15 is 0 Å². The third-order valence-electron chi connectivity index (χ3n) is 4.70. The first-order valence-corrected chi connectivity index (χ1v) is 7.85. The van der Waals surface area contributed by atoms with Crippen molar-refractivity contribution in [3.8, 4) is 0 Å². The van der Waals surface area contributed by atoms with E-state index in [0.29, 0.717) is 22.8 Å². The predicted molar refractivity (Wildman–Crippen MR) is 59.4 cm³/mol. The molecule has 4 heteroatoms. The minimum absolute atomic E-state index is 0.442. The summed E-state index contributed by atoms with van der Waals surface area (Å²) in [6.45, 7) is 2.35. The summed E-state index contributed by atoms with van der Waals surface area (Å²) in [5, 5.41) is 3.44. The Labute approximate surface area is 91.5 Å². The van der Waals surface area contributed by atoms with Gasteiger partial charge in [-0.1, -0.05) is 0 Å². The number of sulfone groups is 1. The van der Waals surface area contributed by atoms with Gasteiger partial charge in [-0.05, 0) is 49.5 Å². The van der Waals surface area contributed by atoms with Crippen molar-refractivity contribution >= 4 is 9.84 Å². The van der Waals surface area contributed by atoms with Gasteiger partial charge in [-0.2, -0.15) is 0 Å². The molecule has 1 aliphatic carbocycles. The summed E-state index contributed by atoms with van der Waals surface area (Å²) >= 11 is 0. The van der Waals surface area contributed by atoms with Gasteiger partial charge in [0.2, 0.25) is 0 Å². The van der Waals surface area contributed by atoms with Gasteiger partial charge >= 0.3 is 0 Å². The first-order valence-electron chi connectivity index (χ1n) is 6.03. The Morgan fingerprint density at radius 1 is 1.20 bits per heavy atom. The van der Waals surface area contributed by atoms with Crippen molar-refractivity contribution in [1.82, 2.24) is 5.32 Å². The Morgan fingerprint density at radius 2 is 1.93 bits per heavy atom. The van der Waals surface area contributed by atoms with Crippen LogP contribution in [0.15, 0.2) is 0 Å². The lowest BCUT2D eigenvalue weighted by Gasteiger charge is -2.23. The van der Waals surface area contributed by atoms with E-state index < -0.39 is 9.84 Å². The lowest BCUT2D eigenvalue weighted by molar-refractivity contribution is 0.348. The highest BCUT2D eigenvalue weighted by molar-refractivity contribution is 7.91. The molecule has 1 saturated carbocycles. The van der Waals surface area contributed by atoms with Crippen molar-refractivity contribution < 1.29 is 8.42 Å². The maximum absolute atomic E-state index is 11.3. The molecule has 2 saturated heterocycles. The molecule has 0 aromatic rings. The van der Waals surface area contributed by atoms with Crippen LogP contribution in [0.25, 0.3) is 0 Å². The van der Waals surface area contributed by atoms with Crippen LogP contribution in [-0.4, -0.2) is 33.0 Å². The van der Waals surface area contributed by atoms with Gasteiger partial charge in [-0.3, -0.25) is 0 Å². The van der Waals surface area contributed by atoms with E-state index in [1.54, 1.807) is 0 Å². The molecule has 3 fully saturated rings. The molecule has 2 atom stereocenters. The Balaban J connectivity index is 1.62. The second-order valence-corrected chi connectivity index (χ2v) is 7.89. The second kappa shape index (κ2) is 3.20. The van der Waals surface area contributed by atoms with Crippen LogP contribution < -0.4 is 5.32 Å². The maximum Gasteiger partial charge on any atom is 0.150 e. The van der Waals surface area contributed by atoms with Crippen molar-refractivity contribution in [2.75, 3.05) is 24.6 Å². The summed E-state index contributed by atoms with van der Waals surface area (Å²) in [6, 6.07) is 0. The van der Waals surface area contributed by atoms with Gasteiger partial charge in [0.1, 0.15) is 9.84 Å². The minimum atomic E-state index is -2.67. The second-order valence-electron chi connectivity index (χ2n) is 5.59. The third kappa shape index (κ3) is 1.72. The van der Waals surface area contributed by atoms with Crippen molar-refractivity contribution in [1.29, 1.82) is 0 Å². The molecule has 0 aromatic heterocycles. The van der Waals surface area contributed by atoms with Crippen LogP contribution in [-0.2, 0) is 9.84 Å². The summed E-state index contributed by atoms with van der Waals surface area (Å²) < 4.78 is 22.7. The van der Waals surface area contributed by atoms with E-state index in [9.17, 15) is 8.42 Å². The molecule has 0 radical (unpaired) electrons. The molecular weight excluding hydrogens is 210 g/mol. The Morgan fingerprint density at radius 3 is 2.53 bits per heavy atom. The summed E-state index contributed by atoms with van der Waals surface area (Å²) in [5.41, 5.74) is 0.589. The van der Waals surface area contributed by atoms with Crippen LogP contribution in [0.1, 0.15) is 25.7 Å². The summed E-state index contributed by atoms with van der Waals surface area (Å²) in [4.78, 5) is 0. The zero-order chi connectivity index (χ0) is 10.5. The zero-order valence-corrected chi connectivity index (χ0v) is 9.85. The Hall–Kier alpha value is -0.0900. The molecule has 3 nitrogen and oxygen atoms in total. The molecule has 86 valence electrons. The zero-order valence-electron chi connectivity index (χ0n) is 9.04. The molecule has 15 heavy (non-hydrogen) atoms. The Bertz CT molecular complexity index is 343. The normalized spacial score (nSPS) is 44.7. The van der Waals surface area contributed by atoms with Gasteiger partial charge in [0.05, 0.1) is 11.5 Å². The highest BCUT2D eigenvalue weighted by atomic mass is 32.2. The minimum Gasteiger partial charge on any atom is -0.316 e. The van der Waals surface area contributed by atoms with E-state index in [2.05, 4.69) is 5.32 Å². The fourth-order valence-corrected chi connectivity index (χ4v) is 5.14. The van der Waals surface area contributed by atoms with Crippen molar-refractivity contribution in [2.45, 2.75) is 25.7 Å². The van der Waals surface area contributed by atoms with Crippen LogP contribution in [0, 0.1) is 17.3 Å². The van der Waals surface area contributed by atoms with Crippen LogP contribution in [0.2, 0.25) is 0 Å². The maximum atomic E-state index is 11.3. The molecule has 0 bridgehead atoms. The molecule has 1 spiro atoms. The molecule has 2 unspecified atom stereocenters. The molecule has 2 heterocycles. The monoisotopic (exact) mass is 229 g/mol. The fourth-order valence-electron chi connectivity index (χ4n) is 3.61. The molecule has 2 aliphatic heterocycles. The quantitative estimate of drug-likeness (QED) is 0.724. The SMILES string of the molecule is O=S1(=O)CCC(C2CC23CCNC3)CC1. The van der Waals surface area contributed by atoms with E-state index in [4.69, 9.17) is 0 Å². The topological polar surface area (TPSA) is 46.2 Å². The highest BCUT2D eigenvalue weighted by Crippen LogP contribution is 2.61. The van der Waals surface area contributed by atoms with Crippen LogP contribution in [0.5, 0.6) is 0 Å². The van der Waals surface area contributed by atoms with Gasteiger partial charge in [-0.25, -0.2) is 8.42 Å². The van der Waals surface area contributed by atoms with Crippen molar-refractivity contribution in [2.24, 2.45) is 17.3 Å². The molecule has 3 rings (SSSR count). The molecule has 0 amide bonds. The van der Waals surface area contributed by atoms with Gasteiger partial charge < -0.3 is 5.32 Å². The Kier molecular flexibility index (Phi) is 2.15. The van der Waals surface area contributed by atoms with E-state index in [-0.39, 0.29) is 0 Å². The van der Waals surface area contributed by atoms with Crippen molar-refractivity contribution in [3.63, 3.8) is 0 Å². The standard InChI is InChI=1S/C11H19NO2S/c13-15(14)5-1-9(2-6-15)10-7-11(10)3-4-12-8-11/h9-10,12H,1-8H2. The summed E-state index contributed by atoms with van der Waals surface area (Å²) in [6.07, 6.45) is 4.52. The van der Waals surface area contributed by atoms with E-state index in [1.807, 2.05) is 0 Å². The molecule has 1 N–H and O–H groups in total. The molecule has 0 aromatic carbocycles. The van der Waals surface area contributed by atoms with E-state index in [0.717, 1.165) is 18.8 Å². The first-order chi connectivity index (χ1) is 7.11. The average Bonchev–Trinajstić information content (AvgIpc) is 2.67. The van der Waals surface area contributed by atoms with Gasteiger partial charge in [-0.15, -0.1) is 0 Å². The summed E-state index contributed by atoms with van der Waals surface area (Å²) in [5.74, 6) is 2.42. The number of nitrogens with one attached hydrogen (secondary N) is 1. The number of hydrogen-bond donors (Lipinski definition) is 1. The third-order valence-corrected chi connectivity index (χ3v) is 6.41. The predicted octanol–water partition coefficient (Wildman–Crippen LogP) is 0.811. The smallest absolute Gasteiger partial charge is 0.150 e. The van der Waals surface area contributed by atoms with Crippen LogP contribution >= 0.6 is 0 Å². The van der Waals surface area contributed by atoms with Crippen LogP contribution in [0.4, 0.5) is 0 Å². The summed E-state index contributed by atoms with van der Waals surface area (Å²) in [7, 11) is -2.67. The van der Waals surface area contributed by atoms with Crippen LogP contribution in [0.3, 0.4) is 0 Å². The van der Waals surface area contributed by atoms with Gasteiger partial charge in [0.15, 0.2) is 0 Å². The largest absolute Gasteiger partial charge is 0.316 e. The number of hydrogen-bond acceptors (Lipinski definition) is 3. The highest BCUT2D eigenvalue weighted by Gasteiger charge is 2.58. The van der Waals surface area contributed by atoms with E-state index in [1.165, 1.54) is 25.9 Å². The number of rotatable bonds is 1. The average molecular weight is 229 g/mol. The molecular formula is C11H19NO2S. The van der Waals surface area contributed by atoms with Gasteiger partial charge in [0, 0.05) is 6.54 Å². The lowest BCUT2D eigenvalue weighted by Crippen LogP contribution is -2.26. The first kappa shape index (κ1) is 10.1. The van der Waals surface area contributed by atoms with Gasteiger partial charge in [0.25, 0.3) is 0 Å². The lowest BCUT2D eigenvalue weighted by atomic mass is 9.90. The fraction of sp³-hybridized carbons (Fsp3) is 1.00.